The SMILES string of the molecule is C=CCNCC(C)C(=O)OCC. The number of esters is 1. The third kappa shape index (κ3) is 4.91. The molecule has 1 unspecified atom stereocenters. The molecule has 0 saturated carbocycles. The van der Waals surface area contributed by atoms with Crippen molar-refractivity contribution in [2.75, 3.05) is 19.7 Å². The molecule has 0 bridgehead atoms. The van der Waals surface area contributed by atoms with Gasteiger partial charge in [-0.1, -0.05) is 13.0 Å². The normalized spacial score (nSPS) is 12.2. The standard InChI is InChI=1S/C9H17NO2/c1-4-6-10-7-8(3)9(11)12-5-2/h4,8,10H,1,5-7H2,2-3H3. The van der Waals surface area contributed by atoms with Crippen molar-refractivity contribution in [1.82, 2.24) is 5.32 Å². The van der Waals surface area contributed by atoms with Gasteiger partial charge in [-0.05, 0) is 6.92 Å². The van der Waals surface area contributed by atoms with Crippen molar-refractivity contribution in [3.05, 3.63) is 12.7 Å². The van der Waals surface area contributed by atoms with Crippen LogP contribution in [-0.4, -0.2) is 25.7 Å². The zero-order valence-corrected chi connectivity index (χ0v) is 7.80. The van der Waals surface area contributed by atoms with Crippen LogP contribution >= 0.6 is 0 Å². The summed E-state index contributed by atoms with van der Waals surface area (Å²) >= 11 is 0. The van der Waals surface area contributed by atoms with Crippen LogP contribution in [-0.2, 0) is 9.53 Å². The summed E-state index contributed by atoms with van der Waals surface area (Å²) in [5.41, 5.74) is 0. The van der Waals surface area contributed by atoms with Gasteiger partial charge in [0.25, 0.3) is 0 Å². The molecule has 0 heterocycles. The maximum absolute atomic E-state index is 11.0. The first-order valence-corrected chi connectivity index (χ1v) is 4.20. The van der Waals surface area contributed by atoms with E-state index in [2.05, 4.69) is 11.9 Å². The second kappa shape index (κ2) is 6.85. The van der Waals surface area contributed by atoms with Crippen molar-refractivity contribution < 1.29 is 9.53 Å². The fourth-order valence-corrected chi connectivity index (χ4v) is 0.770. The summed E-state index contributed by atoms with van der Waals surface area (Å²) in [5.74, 6) is -0.223. The first kappa shape index (κ1) is 11.2. The van der Waals surface area contributed by atoms with Gasteiger partial charge in [0, 0.05) is 13.1 Å². The van der Waals surface area contributed by atoms with Gasteiger partial charge in [-0.3, -0.25) is 4.79 Å². The Bertz CT molecular complexity index is 145. The second-order valence-electron chi connectivity index (χ2n) is 2.60. The molecule has 0 aromatic carbocycles. The molecule has 1 atom stereocenters. The molecule has 0 spiro atoms. The minimum absolute atomic E-state index is 0.0788. The van der Waals surface area contributed by atoms with Crippen LogP contribution in [0, 0.1) is 5.92 Å². The number of hydrogen-bond acceptors (Lipinski definition) is 3. The van der Waals surface area contributed by atoms with E-state index in [9.17, 15) is 4.79 Å². The minimum Gasteiger partial charge on any atom is -0.466 e. The van der Waals surface area contributed by atoms with E-state index in [1.54, 1.807) is 6.08 Å². The minimum atomic E-state index is -0.144. The molecule has 3 nitrogen and oxygen atoms in total. The number of ether oxygens (including phenoxy) is 1. The van der Waals surface area contributed by atoms with Crippen molar-refractivity contribution in [2.24, 2.45) is 5.92 Å². The molecule has 3 heteroatoms. The predicted octanol–water partition coefficient (Wildman–Crippen LogP) is 0.961. The summed E-state index contributed by atoms with van der Waals surface area (Å²) in [7, 11) is 0. The molecule has 0 aliphatic heterocycles. The third-order valence-electron chi connectivity index (χ3n) is 1.43. The molecule has 1 N–H and O–H groups in total. The molecule has 0 aliphatic rings. The van der Waals surface area contributed by atoms with Crippen molar-refractivity contribution in [3.8, 4) is 0 Å². The molecule has 0 fully saturated rings. The number of hydrogen-bond donors (Lipinski definition) is 1. The Labute approximate surface area is 73.8 Å². The van der Waals surface area contributed by atoms with Crippen LogP contribution in [0.5, 0.6) is 0 Å². The molecular weight excluding hydrogens is 154 g/mol. The fourth-order valence-electron chi connectivity index (χ4n) is 0.770. The average molecular weight is 171 g/mol. The van der Waals surface area contributed by atoms with E-state index in [1.807, 2.05) is 13.8 Å². The van der Waals surface area contributed by atoms with Gasteiger partial charge in [0.1, 0.15) is 0 Å². The topological polar surface area (TPSA) is 38.3 Å². The van der Waals surface area contributed by atoms with Crippen LogP contribution in [0.4, 0.5) is 0 Å². The lowest BCUT2D eigenvalue weighted by molar-refractivity contribution is -0.147. The molecule has 12 heavy (non-hydrogen) atoms. The third-order valence-corrected chi connectivity index (χ3v) is 1.43. The molecular formula is C9H17NO2. The molecule has 0 rings (SSSR count). The van der Waals surface area contributed by atoms with Crippen LogP contribution < -0.4 is 5.32 Å². The lowest BCUT2D eigenvalue weighted by atomic mass is 10.2. The van der Waals surface area contributed by atoms with E-state index in [4.69, 9.17) is 4.74 Å². The highest BCUT2D eigenvalue weighted by Gasteiger charge is 2.12. The largest absolute Gasteiger partial charge is 0.466 e. The lowest BCUT2D eigenvalue weighted by Crippen LogP contribution is -2.27. The molecule has 0 aliphatic carbocycles. The number of nitrogens with one attached hydrogen (secondary N) is 1. The van der Waals surface area contributed by atoms with Gasteiger partial charge < -0.3 is 10.1 Å². The van der Waals surface area contributed by atoms with E-state index in [1.165, 1.54) is 0 Å². The second-order valence-corrected chi connectivity index (χ2v) is 2.60. The van der Waals surface area contributed by atoms with E-state index in [-0.39, 0.29) is 11.9 Å². The Morgan fingerprint density at radius 1 is 1.75 bits per heavy atom. The Kier molecular flexibility index (Phi) is 6.38. The summed E-state index contributed by atoms with van der Waals surface area (Å²) in [5, 5.41) is 3.06. The van der Waals surface area contributed by atoms with Crippen molar-refractivity contribution >= 4 is 5.97 Å². The molecule has 0 radical (unpaired) electrons. The Balaban J connectivity index is 3.49. The quantitative estimate of drug-likeness (QED) is 0.367. The molecule has 0 saturated heterocycles. The molecule has 0 aromatic heterocycles. The smallest absolute Gasteiger partial charge is 0.309 e. The van der Waals surface area contributed by atoms with Crippen molar-refractivity contribution in [2.45, 2.75) is 13.8 Å². The zero-order valence-electron chi connectivity index (χ0n) is 7.80. The Morgan fingerprint density at radius 2 is 2.42 bits per heavy atom. The lowest BCUT2D eigenvalue weighted by Gasteiger charge is -2.09. The molecule has 0 amide bonds. The van der Waals surface area contributed by atoms with Crippen LogP contribution in [0.1, 0.15) is 13.8 Å². The maximum atomic E-state index is 11.0. The van der Waals surface area contributed by atoms with E-state index in [0.29, 0.717) is 13.2 Å². The van der Waals surface area contributed by atoms with E-state index >= 15 is 0 Å². The number of rotatable bonds is 6. The highest BCUT2D eigenvalue weighted by Crippen LogP contribution is 1.95. The van der Waals surface area contributed by atoms with Crippen LogP contribution in [0.15, 0.2) is 12.7 Å². The summed E-state index contributed by atoms with van der Waals surface area (Å²) in [6.07, 6.45) is 1.76. The van der Waals surface area contributed by atoms with Gasteiger partial charge in [-0.2, -0.15) is 0 Å². The van der Waals surface area contributed by atoms with Gasteiger partial charge in [0.05, 0.1) is 12.5 Å². The Morgan fingerprint density at radius 3 is 2.92 bits per heavy atom. The molecule has 70 valence electrons. The summed E-state index contributed by atoms with van der Waals surface area (Å²) in [6.45, 7) is 9.03. The van der Waals surface area contributed by atoms with Crippen LogP contribution in [0.2, 0.25) is 0 Å². The summed E-state index contributed by atoms with van der Waals surface area (Å²) in [4.78, 5) is 11.0. The van der Waals surface area contributed by atoms with Gasteiger partial charge >= 0.3 is 5.97 Å². The zero-order chi connectivity index (χ0) is 9.40. The van der Waals surface area contributed by atoms with Gasteiger partial charge in [0.2, 0.25) is 0 Å². The first-order valence-electron chi connectivity index (χ1n) is 4.20. The van der Waals surface area contributed by atoms with Crippen molar-refractivity contribution in [1.29, 1.82) is 0 Å². The summed E-state index contributed by atoms with van der Waals surface area (Å²) < 4.78 is 4.83. The highest BCUT2D eigenvalue weighted by molar-refractivity contribution is 5.72. The fraction of sp³-hybridized carbons (Fsp3) is 0.667. The first-order chi connectivity index (χ1) is 5.72. The predicted molar refractivity (Wildman–Crippen MR) is 48.9 cm³/mol. The number of carbonyl (C=O) groups is 1. The number of carbonyl (C=O) groups excluding carboxylic acids is 1. The van der Waals surface area contributed by atoms with Crippen LogP contribution in [0.3, 0.4) is 0 Å². The Hall–Kier alpha value is -0.830. The van der Waals surface area contributed by atoms with Gasteiger partial charge in [-0.15, -0.1) is 6.58 Å². The van der Waals surface area contributed by atoms with E-state index in [0.717, 1.165) is 6.54 Å². The van der Waals surface area contributed by atoms with E-state index < -0.39 is 0 Å². The van der Waals surface area contributed by atoms with Gasteiger partial charge in [-0.25, -0.2) is 0 Å². The monoisotopic (exact) mass is 171 g/mol. The molecule has 0 aromatic rings. The van der Waals surface area contributed by atoms with Crippen LogP contribution in [0.25, 0.3) is 0 Å². The summed E-state index contributed by atoms with van der Waals surface area (Å²) in [6, 6.07) is 0. The maximum Gasteiger partial charge on any atom is 0.309 e. The average Bonchev–Trinajstić information content (AvgIpc) is 2.05. The highest BCUT2D eigenvalue weighted by atomic mass is 16.5. The van der Waals surface area contributed by atoms with Crippen molar-refractivity contribution in [3.63, 3.8) is 0 Å². The van der Waals surface area contributed by atoms with Gasteiger partial charge in [0.15, 0.2) is 0 Å².